The first-order valence-electron chi connectivity index (χ1n) is 6.09. The van der Waals surface area contributed by atoms with Crippen LogP contribution in [0.25, 0.3) is 16.2 Å². The molecular weight excluding hydrogens is 356 g/mol. The number of carboxylic acid groups (broad SMARTS) is 1. The Labute approximate surface area is 132 Å². The van der Waals surface area contributed by atoms with E-state index in [1.54, 1.807) is 7.11 Å². The molecule has 2 aromatic heterocycles. The van der Waals surface area contributed by atoms with E-state index in [1.807, 2.05) is 34.2 Å². The Kier molecular flexibility index (Phi) is 3.69. The van der Waals surface area contributed by atoms with E-state index in [2.05, 4.69) is 20.9 Å². The number of aromatic nitrogens is 2. The molecule has 0 radical (unpaired) electrons. The summed E-state index contributed by atoms with van der Waals surface area (Å²) in [6, 6.07) is 5.70. The summed E-state index contributed by atoms with van der Waals surface area (Å²) in [6.45, 7) is 0. The maximum atomic E-state index is 10.9. The zero-order valence-electron chi connectivity index (χ0n) is 11.0. The molecule has 7 heteroatoms. The van der Waals surface area contributed by atoms with E-state index in [0.29, 0.717) is 0 Å². The van der Waals surface area contributed by atoms with Gasteiger partial charge in [-0.05, 0) is 18.2 Å². The van der Waals surface area contributed by atoms with Crippen molar-refractivity contribution in [3.05, 3.63) is 39.9 Å². The third-order valence-corrected chi connectivity index (χ3v) is 4.44. The number of hydrogen-bond acceptors (Lipinski definition) is 4. The fourth-order valence-electron chi connectivity index (χ4n) is 2.12. The Bertz CT molecular complexity index is 825. The van der Waals surface area contributed by atoms with Gasteiger partial charge in [-0.15, -0.1) is 11.3 Å². The van der Waals surface area contributed by atoms with Crippen LogP contribution >= 0.6 is 27.3 Å². The van der Waals surface area contributed by atoms with E-state index in [9.17, 15) is 4.79 Å². The van der Waals surface area contributed by atoms with Crippen molar-refractivity contribution in [2.75, 3.05) is 7.11 Å². The average Bonchev–Trinajstić information content (AvgIpc) is 3.00. The number of fused-ring (bicyclic) bond motifs is 1. The number of carboxylic acids is 1. The Balaban J connectivity index is 2.11. The van der Waals surface area contributed by atoms with Crippen LogP contribution in [-0.2, 0) is 11.2 Å². The van der Waals surface area contributed by atoms with Crippen molar-refractivity contribution in [2.45, 2.75) is 6.42 Å². The molecule has 0 aliphatic heterocycles. The van der Waals surface area contributed by atoms with Gasteiger partial charge in [-0.2, -0.15) is 0 Å². The van der Waals surface area contributed by atoms with E-state index in [4.69, 9.17) is 9.84 Å². The third-order valence-electron chi connectivity index (χ3n) is 3.05. The van der Waals surface area contributed by atoms with Crippen LogP contribution in [-0.4, -0.2) is 27.6 Å². The van der Waals surface area contributed by atoms with Gasteiger partial charge < -0.3 is 9.84 Å². The van der Waals surface area contributed by atoms with Crippen LogP contribution in [0.15, 0.2) is 34.2 Å². The summed E-state index contributed by atoms with van der Waals surface area (Å²) in [5, 5.41) is 10.7. The zero-order chi connectivity index (χ0) is 15.0. The van der Waals surface area contributed by atoms with Gasteiger partial charge in [0.1, 0.15) is 5.75 Å². The van der Waals surface area contributed by atoms with Crippen molar-refractivity contribution in [1.82, 2.24) is 9.38 Å². The van der Waals surface area contributed by atoms with E-state index in [-0.39, 0.29) is 6.42 Å². The monoisotopic (exact) mass is 366 g/mol. The number of hydrogen-bond donors (Lipinski definition) is 1. The Morgan fingerprint density at radius 2 is 2.33 bits per heavy atom. The van der Waals surface area contributed by atoms with Gasteiger partial charge in [0.2, 0.25) is 0 Å². The third kappa shape index (κ3) is 2.66. The normalized spacial score (nSPS) is 11.0. The number of nitrogens with zero attached hydrogens (tertiary/aromatic N) is 2. The number of aliphatic carboxylic acids is 1. The Morgan fingerprint density at radius 1 is 1.52 bits per heavy atom. The van der Waals surface area contributed by atoms with E-state index >= 15 is 0 Å². The molecule has 0 aliphatic rings. The first-order valence-corrected chi connectivity index (χ1v) is 7.77. The van der Waals surface area contributed by atoms with Gasteiger partial charge in [0.25, 0.3) is 0 Å². The lowest BCUT2D eigenvalue weighted by atomic mass is 10.1. The molecule has 0 aliphatic carbocycles. The fourth-order valence-corrected chi connectivity index (χ4v) is 3.36. The van der Waals surface area contributed by atoms with Crippen LogP contribution in [0.4, 0.5) is 0 Å². The lowest BCUT2D eigenvalue weighted by molar-refractivity contribution is -0.136. The first-order chi connectivity index (χ1) is 10.1. The average molecular weight is 367 g/mol. The SMILES string of the molecule is COc1ccc(Br)cc1-c1cn2c(CC(=O)O)csc2n1. The summed E-state index contributed by atoms with van der Waals surface area (Å²) in [5.41, 5.74) is 2.34. The largest absolute Gasteiger partial charge is 0.496 e. The molecule has 21 heavy (non-hydrogen) atoms. The van der Waals surface area contributed by atoms with E-state index in [0.717, 1.165) is 32.1 Å². The molecule has 0 fully saturated rings. The highest BCUT2D eigenvalue weighted by atomic mass is 79.9. The van der Waals surface area contributed by atoms with Crippen molar-refractivity contribution in [2.24, 2.45) is 0 Å². The minimum atomic E-state index is -0.856. The van der Waals surface area contributed by atoms with Crippen LogP contribution in [0.3, 0.4) is 0 Å². The van der Waals surface area contributed by atoms with Gasteiger partial charge in [0, 0.05) is 27.3 Å². The highest BCUT2D eigenvalue weighted by Crippen LogP contribution is 2.33. The standard InChI is InChI=1S/C14H11BrN2O3S/c1-20-12-3-2-8(15)4-10(12)11-6-17-9(5-13(18)19)7-21-14(17)16-11/h2-4,6-7H,5H2,1H3,(H,18,19). The van der Waals surface area contributed by atoms with Crippen molar-refractivity contribution in [1.29, 1.82) is 0 Å². The number of thiazole rings is 1. The molecule has 108 valence electrons. The van der Waals surface area contributed by atoms with E-state index in [1.165, 1.54) is 11.3 Å². The summed E-state index contributed by atoms with van der Waals surface area (Å²) in [4.78, 5) is 16.2. The fraction of sp³-hybridized carbons (Fsp3) is 0.143. The molecule has 0 saturated carbocycles. The molecule has 0 saturated heterocycles. The van der Waals surface area contributed by atoms with Gasteiger partial charge in [-0.25, -0.2) is 4.98 Å². The summed E-state index contributed by atoms with van der Waals surface area (Å²) in [6.07, 6.45) is 1.82. The number of halogens is 1. The highest BCUT2D eigenvalue weighted by Gasteiger charge is 2.14. The van der Waals surface area contributed by atoms with Crippen molar-refractivity contribution in [3.8, 4) is 17.0 Å². The summed E-state index contributed by atoms with van der Waals surface area (Å²) in [7, 11) is 1.61. The van der Waals surface area contributed by atoms with Gasteiger partial charge in [-0.1, -0.05) is 15.9 Å². The minimum absolute atomic E-state index is 0.0224. The summed E-state index contributed by atoms with van der Waals surface area (Å²) in [5.74, 6) is -0.131. The lowest BCUT2D eigenvalue weighted by Gasteiger charge is -2.06. The number of ether oxygens (including phenoxy) is 1. The Morgan fingerprint density at radius 3 is 3.05 bits per heavy atom. The molecule has 1 aromatic carbocycles. The van der Waals surface area contributed by atoms with Crippen LogP contribution in [0.2, 0.25) is 0 Å². The number of benzene rings is 1. The van der Waals surface area contributed by atoms with Gasteiger partial charge in [-0.3, -0.25) is 9.20 Å². The molecule has 1 N–H and O–H groups in total. The topological polar surface area (TPSA) is 63.8 Å². The van der Waals surface area contributed by atoms with Crippen LogP contribution < -0.4 is 4.74 Å². The Hall–Kier alpha value is -1.86. The zero-order valence-corrected chi connectivity index (χ0v) is 13.4. The first kappa shape index (κ1) is 14.1. The second-order valence-electron chi connectivity index (χ2n) is 4.42. The van der Waals surface area contributed by atoms with Gasteiger partial charge in [0.15, 0.2) is 4.96 Å². The van der Waals surface area contributed by atoms with Gasteiger partial charge in [0.05, 0.1) is 19.2 Å². The summed E-state index contributed by atoms with van der Waals surface area (Å²) >= 11 is 4.86. The van der Waals surface area contributed by atoms with Crippen LogP contribution in [0, 0.1) is 0 Å². The van der Waals surface area contributed by atoms with Crippen molar-refractivity contribution < 1.29 is 14.6 Å². The number of carbonyl (C=O) groups is 1. The highest BCUT2D eigenvalue weighted by molar-refractivity contribution is 9.10. The van der Waals surface area contributed by atoms with Crippen LogP contribution in [0.1, 0.15) is 5.69 Å². The quantitative estimate of drug-likeness (QED) is 0.767. The van der Waals surface area contributed by atoms with Crippen LogP contribution in [0.5, 0.6) is 5.75 Å². The maximum Gasteiger partial charge on any atom is 0.309 e. The smallest absolute Gasteiger partial charge is 0.309 e. The van der Waals surface area contributed by atoms with Crippen molar-refractivity contribution in [3.63, 3.8) is 0 Å². The molecule has 2 heterocycles. The molecule has 0 amide bonds. The second kappa shape index (κ2) is 5.50. The predicted molar refractivity (Wildman–Crippen MR) is 84.1 cm³/mol. The number of rotatable bonds is 4. The van der Waals surface area contributed by atoms with Gasteiger partial charge >= 0.3 is 5.97 Å². The molecule has 0 unspecified atom stereocenters. The molecule has 0 atom stereocenters. The molecule has 3 aromatic rings. The maximum absolute atomic E-state index is 10.9. The second-order valence-corrected chi connectivity index (χ2v) is 6.17. The number of methoxy groups -OCH3 is 1. The summed E-state index contributed by atoms with van der Waals surface area (Å²) < 4.78 is 8.11. The predicted octanol–water partition coefficient (Wildman–Crippen LogP) is 3.46. The van der Waals surface area contributed by atoms with Crippen molar-refractivity contribution >= 4 is 38.2 Å². The lowest BCUT2D eigenvalue weighted by Crippen LogP contribution is -2.02. The minimum Gasteiger partial charge on any atom is -0.496 e. The molecule has 3 rings (SSSR count). The van der Waals surface area contributed by atoms with E-state index < -0.39 is 5.97 Å². The molecule has 0 spiro atoms. The number of imidazole rings is 1. The molecular formula is C14H11BrN2O3S. The molecule has 0 bridgehead atoms. The molecule has 5 nitrogen and oxygen atoms in total.